The van der Waals surface area contributed by atoms with Crippen molar-refractivity contribution >= 4 is 23.2 Å². The first kappa shape index (κ1) is 15.1. The highest BCUT2D eigenvalue weighted by atomic mass is 35.5. The zero-order chi connectivity index (χ0) is 14.7. The number of hydrogen-bond donors (Lipinski definition) is 1. The number of nitrogens with two attached hydrogens (primary N) is 1. The molecule has 0 aliphatic carbocycles. The second-order valence-electron chi connectivity index (χ2n) is 4.41. The van der Waals surface area contributed by atoms with Crippen molar-refractivity contribution < 1.29 is 9.13 Å². The molecular weight excluding hydrogens is 300 g/mol. The summed E-state index contributed by atoms with van der Waals surface area (Å²) in [6.45, 7) is 0. The van der Waals surface area contributed by atoms with Crippen molar-refractivity contribution in [2.45, 2.75) is 12.5 Å². The van der Waals surface area contributed by atoms with Gasteiger partial charge in [-0.25, -0.2) is 4.39 Å². The number of benzene rings is 2. The van der Waals surface area contributed by atoms with Crippen LogP contribution >= 0.6 is 23.2 Å². The number of hydrogen-bond acceptors (Lipinski definition) is 2. The lowest BCUT2D eigenvalue weighted by Crippen LogP contribution is -2.16. The van der Waals surface area contributed by atoms with Crippen LogP contribution in [0.1, 0.15) is 17.2 Å². The van der Waals surface area contributed by atoms with E-state index < -0.39 is 6.04 Å². The van der Waals surface area contributed by atoms with E-state index in [1.807, 2.05) is 6.07 Å². The van der Waals surface area contributed by atoms with Crippen molar-refractivity contribution in [3.05, 3.63) is 63.4 Å². The molecule has 106 valence electrons. The van der Waals surface area contributed by atoms with Crippen LogP contribution in [-0.2, 0) is 6.42 Å². The first-order valence-electron chi connectivity index (χ1n) is 6.05. The lowest BCUT2D eigenvalue weighted by atomic mass is 9.98. The van der Waals surface area contributed by atoms with Crippen LogP contribution in [0, 0.1) is 5.82 Å². The molecule has 2 aromatic rings. The molecule has 2 N–H and O–H groups in total. The summed E-state index contributed by atoms with van der Waals surface area (Å²) in [4.78, 5) is 0. The van der Waals surface area contributed by atoms with E-state index in [9.17, 15) is 4.39 Å². The van der Waals surface area contributed by atoms with Gasteiger partial charge in [-0.2, -0.15) is 0 Å². The molecule has 0 amide bonds. The van der Waals surface area contributed by atoms with Crippen molar-refractivity contribution in [1.82, 2.24) is 0 Å². The third-order valence-corrected chi connectivity index (χ3v) is 3.78. The maximum Gasteiger partial charge on any atom is 0.131 e. The van der Waals surface area contributed by atoms with Gasteiger partial charge < -0.3 is 10.5 Å². The van der Waals surface area contributed by atoms with Crippen molar-refractivity contribution in [3.8, 4) is 5.75 Å². The molecule has 0 aliphatic heterocycles. The van der Waals surface area contributed by atoms with Gasteiger partial charge in [0.1, 0.15) is 11.6 Å². The van der Waals surface area contributed by atoms with Gasteiger partial charge in [0, 0.05) is 11.6 Å². The molecule has 0 saturated heterocycles. The quantitative estimate of drug-likeness (QED) is 0.909. The summed E-state index contributed by atoms with van der Waals surface area (Å²) in [5, 5.41) is 0.935. The summed E-state index contributed by atoms with van der Waals surface area (Å²) in [7, 11) is 1.49. The summed E-state index contributed by atoms with van der Waals surface area (Å²) < 4.78 is 19.1. The molecule has 0 saturated carbocycles. The predicted molar refractivity (Wildman–Crippen MR) is 80.0 cm³/mol. The predicted octanol–water partition coefficient (Wildman–Crippen LogP) is 4.38. The number of halogens is 3. The zero-order valence-corrected chi connectivity index (χ0v) is 12.4. The minimum Gasteiger partial charge on any atom is -0.496 e. The molecule has 0 radical (unpaired) electrons. The van der Waals surface area contributed by atoms with Gasteiger partial charge in [0.15, 0.2) is 0 Å². The Bertz CT molecular complexity index is 619. The van der Waals surface area contributed by atoms with Gasteiger partial charge in [0.2, 0.25) is 0 Å². The molecule has 2 rings (SSSR count). The average molecular weight is 314 g/mol. The van der Waals surface area contributed by atoms with Crippen LogP contribution in [0.5, 0.6) is 5.75 Å². The normalized spacial score (nSPS) is 12.2. The zero-order valence-electron chi connectivity index (χ0n) is 10.9. The Labute approximate surface area is 127 Å². The molecular formula is C15H14Cl2FNO. The van der Waals surface area contributed by atoms with Gasteiger partial charge in [-0.15, -0.1) is 0 Å². The van der Waals surface area contributed by atoms with E-state index in [1.54, 1.807) is 24.3 Å². The van der Waals surface area contributed by atoms with Crippen LogP contribution < -0.4 is 10.5 Å². The molecule has 1 unspecified atom stereocenters. The average Bonchev–Trinajstić information content (AvgIpc) is 2.42. The Morgan fingerprint density at radius 3 is 2.60 bits per heavy atom. The largest absolute Gasteiger partial charge is 0.496 e. The van der Waals surface area contributed by atoms with Crippen molar-refractivity contribution in [2.24, 2.45) is 5.73 Å². The molecule has 2 aromatic carbocycles. The van der Waals surface area contributed by atoms with Crippen molar-refractivity contribution in [1.29, 1.82) is 0 Å². The topological polar surface area (TPSA) is 35.2 Å². The molecule has 0 fully saturated rings. The van der Waals surface area contributed by atoms with Gasteiger partial charge >= 0.3 is 0 Å². The van der Waals surface area contributed by atoms with Gasteiger partial charge in [-0.1, -0.05) is 35.3 Å². The third-order valence-electron chi connectivity index (χ3n) is 3.04. The minimum atomic E-state index is -0.525. The van der Waals surface area contributed by atoms with Gasteiger partial charge in [-0.3, -0.25) is 0 Å². The van der Waals surface area contributed by atoms with Gasteiger partial charge in [0.25, 0.3) is 0 Å². The third kappa shape index (κ3) is 3.23. The molecule has 0 heterocycles. The maximum atomic E-state index is 13.9. The Morgan fingerprint density at radius 2 is 1.95 bits per heavy atom. The van der Waals surface area contributed by atoms with Crippen LogP contribution in [0.2, 0.25) is 10.0 Å². The van der Waals surface area contributed by atoms with Crippen molar-refractivity contribution in [3.63, 3.8) is 0 Å². The summed E-state index contributed by atoms with van der Waals surface area (Å²) in [6.07, 6.45) is 0.439. The summed E-state index contributed by atoms with van der Waals surface area (Å²) >= 11 is 11.8. The highest BCUT2D eigenvalue weighted by molar-refractivity contribution is 6.42. The standard InChI is InChI=1S/C15H14Cl2FNO/c1-20-14-4-2-3-12(18)15(14)13(19)8-9-5-6-10(16)11(17)7-9/h2-7,13H,8,19H2,1H3. The number of ether oxygens (including phenoxy) is 1. The maximum absolute atomic E-state index is 13.9. The van der Waals surface area contributed by atoms with E-state index in [0.717, 1.165) is 5.56 Å². The minimum absolute atomic E-state index is 0.362. The first-order chi connectivity index (χ1) is 9.52. The lowest BCUT2D eigenvalue weighted by molar-refractivity contribution is 0.399. The Hall–Kier alpha value is -1.29. The highest BCUT2D eigenvalue weighted by Crippen LogP contribution is 2.30. The highest BCUT2D eigenvalue weighted by Gasteiger charge is 2.17. The van der Waals surface area contributed by atoms with E-state index in [0.29, 0.717) is 27.8 Å². The van der Waals surface area contributed by atoms with Crippen molar-refractivity contribution in [2.75, 3.05) is 7.11 Å². The van der Waals surface area contributed by atoms with E-state index in [-0.39, 0.29) is 5.82 Å². The second-order valence-corrected chi connectivity index (χ2v) is 5.23. The Morgan fingerprint density at radius 1 is 1.20 bits per heavy atom. The number of methoxy groups -OCH3 is 1. The molecule has 0 aliphatic rings. The summed E-state index contributed by atoms with van der Waals surface area (Å²) in [5.74, 6) is 0.0643. The second kappa shape index (κ2) is 6.44. The van der Waals surface area contributed by atoms with Gasteiger partial charge in [0.05, 0.1) is 17.2 Å². The fourth-order valence-electron chi connectivity index (χ4n) is 2.08. The SMILES string of the molecule is COc1cccc(F)c1C(N)Cc1ccc(Cl)c(Cl)c1. The van der Waals surface area contributed by atoms with Crippen LogP contribution in [-0.4, -0.2) is 7.11 Å². The van der Waals surface area contributed by atoms with E-state index >= 15 is 0 Å². The first-order valence-corrected chi connectivity index (χ1v) is 6.80. The molecule has 2 nitrogen and oxygen atoms in total. The lowest BCUT2D eigenvalue weighted by Gasteiger charge is -2.16. The molecule has 0 aromatic heterocycles. The van der Waals surface area contributed by atoms with Crippen LogP contribution in [0.25, 0.3) is 0 Å². The Kier molecular flexibility index (Phi) is 4.86. The van der Waals surface area contributed by atoms with E-state index in [1.165, 1.54) is 13.2 Å². The van der Waals surface area contributed by atoms with Crippen LogP contribution in [0.4, 0.5) is 4.39 Å². The van der Waals surface area contributed by atoms with E-state index in [4.69, 9.17) is 33.7 Å². The Balaban J connectivity index is 2.28. The molecule has 0 spiro atoms. The summed E-state index contributed by atoms with van der Waals surface area (Å²) in [6, 6.07) is 9.37. The molecule has 20 heavy (non-hydrogen) atoms. The summed E-state index contributed by atoms with van der Waals surface area (Å²) in [5.41, 5.74) is 7.34. The smallest absolute Gasteiger partial charge is 0.131 e. The molecule has 5 heteroatoms. The van der Waals surface area contributed by atoms with Crippen LogP contribution in [0.3, 0.4) is 0 Å². The molecule has 1 atom stereocenters. The fourth-order valence-corrected chi connectivity index (χ4v) is 2.40. The van der Waals surface area contributed by atoms with Gasteiger partial charge in [-0.05, 0) is 36.2 Å². The number of rotatable bonds is 4. The monoisotopic (exact) mass is 313 g/mol. The molecule has 0 bridgehead atoms. The van der Waals surface area contributed by atoms with E-state index in [2.05, 4.69) is 0 Å². The fraction of sp³-hybridized carbons (Fsp3) is 0.200. The van der Waals surface area contributed by atoms with Crippen LogP contribution in [0.15, 0.2) is 36.4 Å².